The fourth-order valence-electron chi connectivity index (χ4n) is 17.5. The van der Waals surface area contributed by atoms with Crippen LogP contribution in [0.2, 0.25) is 0 Å². The topological polar surface area (TPSA) is 574 Å². The number of azo groups is 1. The summed E-state index contributed by atoms with van der Waals surface area (Å²) in [6.07, 6.45) is 7.00. The molecule has 4 heterocycles. The molecule has 6 aromatic carbocycles. The number of H-pyrrole nitrogens is 4. The van der Waals surface area contributed by atoms with Crippen LogP contribution in [0.5, 0.6) is 0 Å². The van der Waals surface area contributed by atoms with Gasteiger partial charge in [0, 0.05) is 107 Å². The highest BCUT2D eigenvalue weighted by Gasteiger charge is 2.41. The number of carbonyl (C=O) groups is 16. The van der Waals surface area contributed by atoms with Crippen LogP contribution in [0.3, 0.4) is 0 Å². The van der Waals surface area contributed by atoms with Crippen molar-refractivity contribution in [1.82, 2.24) is 105 Å². The first kappa shape index (κ1) is 114. The molecule has 0 unspecified atom stereocenters. The minimum absolute atomic E-state index is 0.00672. The fraction of sp³-hybridized carbons (Fsp3) is 0.450. The molecule has 4 aromatic heterocycles. The molecule has 39 heteroatoms. The Balaban J connectivity index is 0.810. The van der Waals surface area contributed by atoms with E-state index in [2.05, 4.69) is 115 Å². The molecule has 0 saturated carbocycles. The van der Waals surface area contributed by atoms with Gasteiger partial charge in [0.15, 0.2) is 0 Å². The molecule has 10 rings (SSSR count). The predicted molar refractivity (Wildman–Crippen MR) is 564 cm³/mol. The smallest absolute Gasteiger partial charge is 0.243 e. The molecule has 14 atom stereocenters. The van der Waals surface area contributed by atoms with Gasteiger partial charge in [-0.25, -0.2) is 0 Å². The highest BCUT2D eigenvalue weighted by molar-refractivity contribution is 6.02. The number of hydrogen-bond donors (Lipinski definition) is 21. The summed E-state index contributed by atoms with van der Waals surface area (Å²) in [6.45, 7) is 26.2. The van der Waals surface area contributed by atoms with E-state index in [0.29, 0.717) is 61.8 Å². The van der Waals surface area contributed by atoms with Gasteiger partial charge in [-0.1, -0.05) is 200 Å². The molecule has 0 aliphatic carbocycles. The molecule has 0 aliphatic rings. The second-order valence-electron chi connectivity index (χ2n) is 40.4. The Labute approximate surface area is 861 Å². The van der Waals surface area contributed by atoms with Crippen molar-refractivity contribution in [2.75, 3.05) is 19.7 Å². The van der Waals surface area contributed by atoms with E-state index in [0.717, 1.165) is 27.4 Å². The number of amides is 16. The van der Waals surface area contributed by atoms with Gasteiger partial charge < -0.3 is 110 Å². The summed E-state index contributed by atoms with van der Waals surface area (Å²) in [5.74, 6) is -14.6. The first-order valence-electron chi connectivity index (χ1n) is 50.6. The lowest BCUT2D eigenvalue weighted by atomic mass is 9.97. The molecule has 0 radical (unpaired) electrons. The van der Waals surface area contributed by atoms with Gasteiger partial charge in [-0.2, -0.15) is 10.2 Å². The molecule has 0 saturated heterocycles. The second-order valence-corrected chi connectivity index (χ2v) is 40.4. The lowest BCUT2D eigenvalue weighted by molar-refractivity contribution is -0.137. The van der Waals surface area contributed by atoms with E-state index in [1.165, 1.54) is 13.8 Å². The second kappa shape index (κ2) is 55.2. The van der Waals surface area contributed by atoms with E-state index < -0.39 is 197 Å². The number of aliphatic hydroxyl groups is 1. The summed E-state index contributed by atoms with van der Waals surface area (Å²) in [5, 5.41) is 65.2. The number of rotatable bonds is 56. The zero-order valence-electron chi connectivity index (χ0n) is 86.8. The number of fused-ring (bicyclic) bond motifs is 4. The molecule has 0 aliphatic heterocycles. The van der Waals surface area contributed by atoms with Crippen molar-refractivity contribution in [3.05, 3.63) is 204 Å². The average Bonchev–Trinajstić information content (AvgIpc) is 1.66. The maximum Gasteiger partial charge on any atom is 0.243 e. The molecule has 39 nitrogen and oxygen atoms in total. The van der Waals surface area contributed by atoms with Crippen LogP contribution in [0.1, 0.15) is 164 Å². The largest absolute Gasteiger partial charge is 0.395 e. The molecule has 0 fully saturated rings. The van der Waals surface area contributed by atoms with E-state index in [-0.39, 0.29) is 94.6 Å². The number of aromatic amines is 4. The van der Waals surface area contributed by atoms with Crippen molar-refractivity contribution < 1.29 is 81.8 Å². The molecule has 148 heavy (non-hydrogen) atoms. The summed E-state index contributed by atoms with van der Waals surface area (Å²) in [7, 11) is 0. The summed E-state index contributed by atoms with van der Waals surface area (Å²) < 4.78 is 0. The van der Waals surface area contributed by atoms with Gasteiger partial charge >= 0.3 is 0 Å². The number of carbonyl (C=O) groups excluding carboxylic acids is 16. The molecule has 10 aromatic rings. The third kappa shape index (κ3) is 33.6. The summed E-state index contributed by atoms with van der Waals surface area (Å²) in [5.41, 5.74) is 7.35. The molecule has 21 N–H and O–H groups in total. The van der Waals surface area contributed by atoms with Crippen LogP contribution in [0, 0.1) is 41.4 Å². The Bertz CT molecular complexity index is 6280. The Morgan fingerprint density at radius 1 is 0.284 bits per heavy atom. The maximum absolute atomic E-state index is 15.6. The van der Waals surface area contributed by atoms with Crippen LogP contribution in [-0.2, 0) is 109 Å². The van der Waals surface area contributed by atoms with E-state index in [4.69, 9.17) is 0 Å². The predicted octanol–water partition coefficient (Wildman–Crippen LogP) is 7.37. The minimum Gasteiger partial charge on any atom is -0.395 e. The van der Waals surface area contributed by atoms with Gasteiger partial charge in [-0.15, -0.1) is 0 Å². The lowest BCUT2D eigenvalue weighted by Crippen LogP contribution is -2.62. The standard InChI is InChI=1S/C109H144N22O17/c1-59(2)44-84(119-96(135)66(15)117-92(134)57-115-98(137)83(116-58-133)48-68-38-40-74(41-39-68)131-130-73-28-18-17-19-29-73)100(139)118-67(16)97(136)127-94(64(11)12)108(147)129-95(65(13)14)109(148)128-93(63(9)10)107(146)126-91(52-72-56-114-82-37-27-23-33-78(72)82)106(145)122-87(47-62(7)8)103(142)125-90(51-71-55-113-81-36-26-22-32-77(71)81)105(144)121-86(46-61(5)6)102(141)124-89(50-70-54-112-80-35-25-21-31-76(70)80)104(143)120-85(45-60(3)4)101(140)123-88(99(138)110-42-43-132)49-69-53-111-79-34-24-20-30-75(69)79/h17-41,53-56,58-67,83-91,93-95,111-114,132H,42-52,57H2,1-16H3,(H,110,138)(H,115,137)(H,116,133)(H,117,134)(H,118,139)(H,119,135)(H,120,143)(H,121,144)(H,122,145)(H,123,140)(H,124,141)(H,125,142)(H,126,146)(H,127,136)(H,128,148)(H,129,147)/t66-,67-,83-,84+,85+,86+,87+,88-,89-,90-,91-,93+,94+,95-/m0/s1. The fourth-order valence-corrected chi connectivity index (χ4v) is 17.5. The minimum atomic E-state index is -1.49. The van der Waals surface area contributed by atoms with E-state index in [1.807, 2.05) is 151 Å². The number of aromatic nitrogens is 4. The SMILES string of the molecule is CC(C)C[C@@H](NC(=O)[C@H](C)NC(=O)CNC(=O)[C@H](Cc1ccc(N=Nc2ccccc2)cc1)NC=O)C(=O)N[C@@H](C)C(=O)N[C@@H](C(=O)N[C@H](C(=O)N[C@@H](C(=O)N[C@@H](Cc1c[nH]c2ccccc12)C(=O)N[C@H](CC(C)C)C(=O)N[C@@H](Cc1c[nH]c2ccccc12)C(=O)N[C@H](CC(C)C)C(=O)N[C@@H](Cc1c[nH]c2ccccc12)C(=O)N[C@H](CC(C)C)C(=O)N[C@@H](Cc1c[nH]c2ccccc12)C(=O)NCCO)C(C)C)C(C)C)C(C)C. The summed E-state index contributed by atoms with van der Waals surface area (Å²) >= 11 is 0. The zero-order chi connectivity index (χ0) is 108. The first-order valence-corrected chi connectivity index (χ1v) is 50.6. The molecular formula is C109H144N22O17. The van der Waals surface area contributed by atoms with Crippen LogP contribution >= 0.6 is 0 Å². The van der Waals surface area contributed by atoms with Crippen LogP contribution in [0.25, 0.3) is 43.6 Å². The Hall–Kier alpha value is -15.4. The molecule has 16 amide bonds. The quantitative estimate of drug-likeness (QED) is 0.0131. The van der Waals surface area contributed by atoms with Crippen molar-refractivity contribution >= 4 is 150 Å². The number of para-hydroxylation sites is 4. The number of nitrogens with zero attached hydrogens (tertiary/aromatic N) is 2. The third-order valence-corrected chi connectivity index (χ3v) is 25.4. The van der Waals surface area contributed by atoms with Crippen molar-refractivity contribution in [1.29, 1.82) is 0 Å². The molecule has 792 valence electrons. The Kier molecular flexibility index (Phi) is 42.7. The van der Waals surface area contributed by atoms with Gasteiger partial charge in [0.1, 0.15) is 84.6 Å². The van der Waals surface area contributed by atoms with Gasteiger partial charge in [0.25, 0.3) is 0 Å². The van der Waals surface area contributed by atoms with Crippen molar-refractivity contribution in [3.8, 4) is 0 Å². The highest BCUT2D eigenvalue weighted by atomic mass is 16.3. The zero-order valence-corrected chi connectivity index (χ0v) is 86.8. The first-order chi connectivity index (χ1) is 70.5. The van der Waals surface area contributed by atoms with Crippen LogP contribution in [0.4, 0.5) is 11.4 Å². The number of benzene rings is 6. The van der Waals surface area contributed by atoms with Crippen LogP contribution < -0.4 is 85.1 Å². The summed E-state index contributed by atoms with van der Waals surface area (Å²) in [6, 6.07) is 26.8. The highest BCUT2D eigenvalue weighted by Crippen LogP contribution is 2.28. The number of nitrogens with one attached hydrogen (secondary N) is 20. The van der Waals surface area contributed by atoms with Crippen LogP contribution in [0.15, 0.2) is 187 Å². The van der Waals surface area contributed by atoms with Gasteiger partial charge in [-0.3, -0.25) is 76.7 Å². The molecular weight excluding hydrogens is 1890 g/mol. The Morgan fingerprint density at radius 2 is 0.561 bits per heavy atom. The van der Waals surface area contributed by atoms with E-state index in [1.54, 1.807) is 123 Å². The average molecular weight is 2030 g/mol. The normalized spacial score (nSPS) is 14.5. The maximum atomic E-state index is 15.6. The molecule has 0 spiro atoms. The summed E-state index contributed by atoms with van der Waals surface area (Å²) in [4.78, 5) is 244. The van der Waals surface area contributed by atoms with Gasteiger partial charge in [-0.05, 0) is 157 Å². The van der Waals surface area contributed by atoms with Crippen molar-refractivity contribution in [3.63, 3.8) is 0 Å². The van der Waals surface area contributed by atoms with E-state index >= 15 is 28.8 Å². The van der Waals surface area contributed by atoms with Gasteiger partial charge in [0.2, 0.25) is 95.0 Å². The lowest BCUT2D eigenvalue weighted by Gasteiger charge is -2.31. The Morgan fingerprint density at radius 3 is 0.905 bits per heavy atom. The number of hydrogen-bond acceptors (Lipinski definition) is 19. The van der Waals surface area contributed by atoms with Gasteiger partial charge in [0.05, 0.1) is 24.5 Å². The molecule has 0 bridgehead atoms. The number of aliphatic hydroxyl groups excluding tert-OH is 1. The monoisotopic (exact) mass is 2030 g/mol. The van der Waals surface area contributed by atoms with Crippen molar-refractivity contribution in [2.45, 2.75) is 253 Å². The van der Waals surface area contributed by atoms with Crippen LogP contribution in [-0.4, -0.2) is 224 Å². The van der Waals surface area contributed by atoms with E-state index in [9.17, 15) is 53.1 Å². The van der Waals surface area contributed by atoms with Crippen molar-refractivity contribution in [2.24, 2.45) is 51.7 Å². The third-order valence-electron chi connectivity index (χ3n) is 25.4.